The summed E-state index contributed by atoms with van der Waals surface area (Å²) in [6.07, 6.45) is 1.46. The summed E-state index contributed by atoms with van der Waals surface area (Å²) < 4.78 is 26.4. The Balaban J connectivity index is 2.37. The van der Waals surface area contributed by atoms with Gasteiger partial charge >= 0.3 is 0 Å². The summed E-state index contributed by atoms with van der Waals surface area (Å²) >= 11 is 0. The summed E-state index contributed by atoms with van der Waals surface area (Å²) in [5, 5.41) is 17.5. The summed E-state index contributed by atoms with van der Waals surface area (Å²) in [5.41, 5.74) is 5.90. The van der Waals surface area contributed by atoms with E-state index >= 15 is 0 Å². The lowest BCUT2D eigenvalue weighted by molar-refractivity contribution is 0.317. The fourth-order valence-electron chi connectivity index (χ4n) is 1.75. The Hall–Kier alpha value is -2.55. The van der Waals surface area contributed by atoms with E-state index in [1.165, 1.54) is 16.6 Å². The van der Waals surface area contributed by atoms with Crippen LogP contribution in [-0.2, 0) is 10.0 Å². The number of rotatable bonds is 6. The molecule has 0 unspecified atom stereocenters. The summed E-state index contributed by atoms with van der Waals surface area (Å²) in [4.78, 5) is 0. The highest BCUT2D eigenvalue weighted by molar-refractivity contribution is 7.92. The molecule has 1 heterocycles. The van der Waals surface area contributed by atoms with Gasteiger partial charge in [0, 0.05) is 13.0 Å². The van der Waals surface area contributed by atoms with E-state index in [1.54, 1.807) is 30.3 Å². The maximum absolute atomic E-state index is 12.6. The number of oxime groups is 1. The number of aromatic nitrogens is 2. The van der Waals surface area contributed by atoms with Crippen LogP contribution in [0.5, 0.6) is 0 Å². The predicted molar refractivity (Wildman–Crippen MR) is 77.6 cm³/mol. The summed E-state index contributed by atoms with van der Waals surface area (Å²) in [6.45, 7) is 0.0429. The minimum atomic E-state index is -3.79. The van der Waals surface area contributed by atoms with Crippen molar-refractivity contribution in [3.63, 3.8) is 0 Å². The van der Waals surface area contributed by atoms with Crippen molar-refractivity contribution in [2.24, 2.45) is 10.9 Å². The first-order chi connectivity index (χ1) is 10.1. The molecular weight excluding hydrogens is 294 g/mol. The molecule has 4 N–H and O–H groups in total. The molecule has 1 aromatic heterocycles. The molecule has 0 atom stereocenters. The van der Waals surface area contributed by atoms with Crippen LogP contribution in [-0.4, -0.2) is 36.2 Å². The zero-order valence-corrected chi connectivity index (χ0v) is 11.9. The van der Waals surface area contributed by atoms with Gasteiger partial charge in [-0.3, -0.25) is 9.40 Å². The Morgan fingerprint density at radius 3 is 2.62 bits per heavy atom. The molecule has 0 spiro atoms. The van der Waals surface area contributed by atoms with Gasteiger partial charge in [-0.2, -0.15) is 13.5 Å². The molecule has 112 valence electrons. The van der Waals surface area contributed by atoms with Gasteiger partial charge in [0.05, 0.1) is 11.9 Å². The average Bonchev–Trinajstić information content (AvgIpc) is 3.03. The van der Waals surface area contributed by atoms with E-state index < -0.39 is 10.0 Å². The molecule has 0 radical (unpaired) electrons. The maximum atomic E-state index is 12.6. The van der Waals surface area contributed by atoms with Gasteiger partial charge < -0.3 is 10.9 Å². The molecule has 2 aromatic rings. The van der Waals surface area contributed by atoms with Gasteiger partial charge in [0.1, 0.15) is 5.84 Å². The lowest BCUT2D eigenvalue weighted by Crippen LogP contribution is -2.34. The Bertz CT molecular complexity index is 698. The first-order valence-corrected chi connectivity index (χ1v) is 7.53. The predicted octanol–water partition coefficient (Wildman–Crippen LogP) is 0.741. The number of benzene rings is 1. The second-order valence-corrected chi connectivity index (χ2v) is 6.01. The van der Waals surface area contributed by atoms with Gasteiger partial charge in [0.25, 0.3) is 10.0 Å². The van der Waals surface area contributed by atoms with Crippen LogP contribution in [0.15, 0.2) is 52.8 Å². The van der Waals surface area contributed by atoms with Crippen molar-refractivity contribution in [3.05, 3.63) is 42.6 Å². The zero-order valence-electron chi connectivity index (χ0n) is 11.0. The van der Waals surface area contributed by atoms with Gasteiger partial charge in [0.15, 0.2) is 5.03 Å². The molecule has 8 nitrogen and oxygen atoms in total. The number of nitrogens with one attached hydrogen (secondary N) is 1. The van der Waals surface area contributed by atoms with E-state index in [0.717, 1.165) is 0 Å². The molecule has 0 bridgehead atoms. The van der Waals surface area contributed by atoms with E-state index in [9.17, 15) is 8.42 Å². The summed E-state index contributed by atoms with van der Waals surface area (Å²) in [5.74, 6) is -0.0456. The quantitative estimate of drug-likeness (QED) is 0.314. The SMILES string of the molecule is N/C(CCN(c1ccccc1)S(=O)(=O)c1ccn[nH]1)=N/O. The van der Waals surface area contributed by atoms with Crippen molar-refractivity contribution < 1.29 is 13.6 Å². The molecule has 0 saturated carbocycles. The van der Waals surface area contributed by atoms with Crippen molar-refractivity contribution >= 4 is 21.5 Å². The van der Waals surface area contributed by atoms with Crippen LogP contribution in [0, 0.1) is 0 Å². The number of para-hydroxylation sites is 1. The minimum absolute atomic E-state index is 0.0224. The van der Waals surface area contributed by atoms with Crippen LogP contribution in [0.1, 0.15) is 6.42 Å². The van der Waals surface area contributed by atoms with Gasteiger partial charge in [-0.15, -0.1) is 0 Å². The lowest BCUT2D eigenvalue weighted by atomic mass is 10.3. The average molecular weight is 309 g/mol. The number of sulfonamides is 1. The Morgan fingerprint density at radius 2 is 2.05 bits per heavy atom. The molecule has 0 aliphatic rings. The van der Waals surface area contributed by atoms with E-state index in [0.29, 0.717) is 5.69 Å². The molecule has 21 heavy (non-hydrogen) atoms. The molecular formula is C12H15N5O3S. The number of nitrogens with two attached hydrogens (primary N) is 1. The second-order valence-electron chi connectivity index (χ2n) is 4.17. The Labute approximate surface area is 121 Å². The fraction of sp³-hybridized carbons (Fsp3) is 0.167. The molecule has 0 aliphatic heterocycles. The fourth-order valence-corrected chi connectivity index (χ4v) is 3.12. The first kappa shape index (κ1) is 14.9. The number of amidine groups is 1. The smallest absolute Gasteiger partial charge is 0.281 e. The molecule has 1 aromatic carbocycles. The third-order valence-electron chi connectivity index (χ3n) is 2.79. The van der Waals surface area contributed by atoms with E-state index in [1.807, 2.05) is 0 Å². The van der Waals surface area contributed by atoms with Crippen molar-refractivity contribution in [1.29, 1.82) is 0 Å². The summed E-state index contributed by atoms with van der Waals surface area (Å²) in [7, 11) is -3.79. The van der Waals surface area contributed by atoms with Gasteiger partial charge in [-0.1, -0.05) is 23.4 Å². The molecule has 0 saturated heterocycles. The highest BCUT2D eigenvalue weighted by atomic mass is 32.2. The molecule has 0 fully saturated rings. The largest absolute Gasteiger partial charge is 0.409 e. The van der Waals surface area contributed by atoms with Crippen molar-refractivity contribution in [1.82, 2.24) is 10.2 Å². The van der Waals surface area contributed by atoms with Crippen LogP contribution < -0.4 is 10.0 Å². The molecule has 0 amide bonds. The van der Waals surface area contributed by atoms with Crippen molar-refractivity contribution in [2.75, 3.05) is 10.8 Å². The highest BCUT2D eigenvalue weighted by Gasteiger charge is 2.26. The number of hydrogen-bond donors (Lipinski definition) is 3. The number of anilines is 1. The maximum Gasteiger partial charge on any atom is 0.281 e. The van der Waals surface area contributed by atoms with Gasteiger partial charge in [0.2, 0.25) is 0 Å². The number of hydrogen-bond acceptors (Lipinski definition) is 5. The lowest BCUT2D eigenvalue weighted by Gasteiger charge is -2.23. The van der Waals surface area contributed by atoms with Gasteiger partial charge in [-0.25, -0.2) is 0 Å². The number of nitrogens with zero attached hydrogens (tertiary/aromatic N) is 3. The van der Waals surface area contributed by atoms with E-state index in [2.05, 4.69) is 15.4 Å². The standard InChI is InChI=1S/C12H15N5O3S/c13-11(16-18)7-9-17(10-4-2-1-3-5-10)21(19,20)12-6-8-14-15-12/h1-6,8,18H,7,9H2,(H2,13,16)(H,14,15). The Morgan fingerprint density at radius 1 is 1.33 bits per heavy atom. The summed E-state index contributed by atoms with van der Waals surface area (Å²) in [6, 6.07) is 9.95. The number of H-pyrrole nitrogens is 1. The van der Waals surface area contributed by atoms with Crippen LogP contribution in [0.3, 0.4) is 0 Å². The van der Waals surface area contributed by atoms with Crippen LogP contribution >= 0.6 is 0 Å². The molecule has 2 rings (SSSR count). The molecule has 0 aliphatic carbocycles. The first-order valence-electron chi connectivity index (χ1n) is 6.09. The topological polar surface area (TPSA) is 125 Å². The monoisotopic (exact) mass is 309 g/mol. The number of aromatic amines is 1. The third-order valence-corrected chi connectivity index (χ3v) is 4.54. The van der Waals surface area contributed by atoms with Gasteiger partial charge in [-0.05, 0) is 18.2 Å². The molecule has 9 heteroatoms. The second kappa shape index (κ2) is 6.27. The highest BCUT2D eigenvalue weighted by Crippen LogP contribution is 2.22. The Kier molecular flexibility index (Phi) is 4.43. The van der Waals surface area contributed by atoms with E-state index in [-0.39, 0.29) is 23.8 Å². The van der Waals surface area contributed by atoms with Crippen LogP contribution in [0.25, 0.3) is 0 Å². The normalized spacial score (nSPS) is 12.3. The van der Waals surface area contributed by atoms with Crippen molar-refractivity contribution in [2.45, 2.75) is 11.4 Å². The van der Waals surface area contributed by atoms with Crippen molar-refractivity contribution in [3.8, 4) is 0 Å². The van der Waals surface area contributed by atoms with E-state index in [4.69, 9.17) is 10.9 Å². The van der Waals surface area contributed by atoms with Crippen LogP contribution in [0.2, 0.25) is 0 Å². The zero-order chi connectivity index (χ0) is 15.3. The van der Waals surface area contributed by atoms with Crippen LogP contribution in [0.4, 0.5) is 5.69 Å². The third kappa shape index (κ3) is 3.31. The minimum Gasteiger partial charge on any atom is -0.409 e.